The Balaban J connectivity index is 2.35. The van der Waals surface area contributed by atoms with E-state index in [0.717, 1.165) is 19.3 Å². The van der Waals surface area contributed by atoms with Gasteiger partial charge in [0.2, 0.25) is 0 Å². The maximum atomic E-state index is 11.9. The van der Waals surface area contributed by atoms with E-state index in [1.54, 1.807) is 7.11 Å². The molecule has 0 aliphatic heterocycles. The predicted molar refractivity (Wildman–Crippen MR) is 66.5 cm³/mol. The van der Waals surface area contributed by atoms with Gasteiger partial charge in [0.25, 0.3) is 0 Å². The minimum atomic E-state index is -0.895. The monoisotopic (exact) mass is 258 g/mol. The number of nitrogens with zero attached hydrogens (tertiary/aromatic N) is 1. The molecular weight excluding hydrogens is 236 g/mol. The molecule has 1 aliphatic carbocycles. The molecule has 0 aromatic carbocycles. The summed E-state index contributed by atoms with van der Waals surface area (Å²) < 4.78 is 5.41. The van der Waals surface area contributed by atoms with E-state index in [2.05, 4.69) is 5.32 Å². The first-order valence-electron chi connectivity index (χ1n) is 6.33. The van der Waals surface area contributed by atoms with E-state index >= 15 is 0 Å². The van der Waals surface area contributed by atoms with Gasteiger partial charge in [-0.2, -0.15) is 0 Å². The van der Waals surface area contributed by atoms with Crippen molar-refractivity contribution in [3.05, 3.63) is 0 Å². The number of hydrogen-bond acceptors (Lipinski definition) is 3. The molecule has 0 bridgehead atoms. The Morgan fingerprint density at radius 3 is 2.50 bits per heavy atom. The quantitative estimate of drug-likeness (QED) is 0.715. The van der Waals surface area contributed by atoms with Crippen molar-refractivity contribution in [1.82, 2.24) is 10.2 Å². The van der Waals surface area contributed by atoms with Crippen LogP contribution in [0.4, 0.5) is 4.79 Å². The third-order valence-electron chi connectivity index (χ3n) is 3.52. The molecule has 6 nitrogen and oxygen atoms in total. The summed E-state index contributed by atoms with van der Waals surface area (Å²) in [5.74, 6) is -0.895. The van der Waals surface area contributed by atoms with Gasteiger partial charge < -0.3 is 20.1 Å². The summed E-state index contributed by atoms with van der Waals surface area (Å²) in [5, 5.41) is 11.4. The summed E-state index contributed by atoms with van der Waals surface area (Å²) in [7, 11) is 1.66. The summed E-state index contributed by atoms with van der Waals surface area (Å²) >= 11 is 0. The van der Waals surface area contributed by atoms with Crippen LogP contribution in [0.2, 0.25) is 0 Å². The Morgan fingerprint density at radius 1 is 1.44 bits per heavy atom. The molecule has 0 radical (unpaired) electrons. The lowest BCUT2D eigenvalue weighted by Gasteiger charge is -2.40. The lowest BCUT2D eigenvalue weighted by Crippen LogP contribution is -2.52. The van der Waals surface area contributed by atoms with Crippen LogP contribution in [0.1, 0.15) is 32.6 Å². The average molecular weight is 258 g/mol. The van der Waals surface area contributed by atoms with Crippen LogP contribution in [-0.2, 0) is 9.53 Å². The third-order valence-corrected chi connectivity index (χ3v) is 3.52. The van der Waals surface area contributed by atoms with Gasteiger partial charge in [-0.25, -0.2) is 4.79 Å². The molecule has 0 aromatic rings. The van der Waals surface area contributed by atoms with Gasteiger partial charge in [0.05, 0.1) is 12.0 Å². The topological polar surface area (TPSA) is 78.9 Å². The van der Waals surface area contributed by atoms with Crippen LogP contribution >= 0.6 is 0 Å². The Hall–Kier alpha value is -1.30. The molecule has 1 rings (SSSR count). The van der Waals surface area contributed by atoms with Crippen molar-refractivity contribution < 1.29 is 19.4 Å². The van der Waals surface area contributed by atoms with Crippen molar-refractivity contribution in [2.24, 2.45) is 0 Å². The molecular formula is C12H22N2O4. The smallest absolute Gasteiger partial charge is 0.317 e. The van der Waals surface area contributed by atoms with E-state index in [1.807, 2.05) is 6.92 Å². The van der Waals surface area contributed by atoms with Crippen molar-refractivity contribution in [1.29, 1.82) is 0 Å². The Labute approximate surface area is 107 Å². The zero-order valence-corrected chi connectivity index (χ0v) is 11.1. The molecule has 18 heavy (non-hydrogen) atoms. The number of hydrogen-bond donors (Lipinski definition) is 2. The number of urea groups is 1. The second-order valence-corrected chi connectivity index (χ2v) is 4.62. The number of methoxy groups -OCH3 is 1. The van der Waals surface area contributed by atoms with Crippen molar-refractivity contribution in [2.75, 3.05) is 26.7 Å². The van der Waals surface area contributed by atoms with E-state index in [4.69, 9.17) is 9.84 Å². The second kappa shape index (κ2) is 6.58. The van der Waals surface area contributed by atoms with Gasteiger partial charge in [0.15, 0.2) is 0 Å². The van der Waals surface area contributed by atoms with Crippen LogP contribution in [0.5, 0.6) is 0 Å². The summed E-state index contributed by atoms with van der Waals surface area (Å²) in [6.45, 7) is 3.06. The summed E-state index contributed by atoms with van der Waals surface area (Å²) in [4.78, 5) is 23.8. The number of rotatable bonds is 7. The number of nitrogens with one attached hydrogen (secondary N) is 1. The van der Waals surface area contributed by atoms with Gasteiger partial charge in [-0.15, -0.1) is 0 Å². The van der Waals surface area contributed by atoms with E-state index in [-0.39, 0.29) is 24.6 Å². The molecule has 1 saturated carbocycles. The highest BCUT2D eigenvalue weighted by atomic mass is 16.5. The zero-order valence-electron chi connectivity index (χ0n) is 11.1. The molecule has 104 valence electrons. The first kappa shape index (κ1) is 14.8. The van der Waals surface area contributed by atoms with Gasteiger partial charge in [-0.3, -0.25) is 4.79 Å². The number of aliphatic carboxylic acids is 1. The fraction of sp³-hybridized carbons (Fsp3) is 0.833. The van der Waals surface area contributed by atoms with E-state index in [9.17, 15) is 9.59 Å². The first-order chi connectivity index (χ1) is 8.53. The molecule has 1 aliphatic rings. The molecule has 0 heterocycles. The molecule has 0 atom stereocenters. The largest absolute Gasteiger partial charge is 0.481 e. The minimum absolute atomic E-state index is 0.0311. The molecule has 2 amide bonds. The van der Waals surface area contributed by atoms with Crippen LogP contribution < -0.4 is 5.32 Å². The third kappa shape index (κ3) is 3.87. The van der Waals surface area contributed by atoms with Crippen molar-refractivity contribution in [2.45, 2.75) is 38.2 Å². The lowest BCUT2D eigenvalue weighted by atomic mass is 9.80. The standard InChI is InChI=1S/C12H22N2O4/c1-3-14(8-5-10(15)16)11(17)13-9-12(18-2)6-4-7-12/h3-9H2,1-2H3,(H,13,17)(H,15,16). The van der Waals surface area contributed by atoms with Gasteiger partial charge in [-0.05, 0) is 26.2 Å². The molecule has 0 saturated heterocycles. The van der Waals surface area contributed by atoms with Crippen LogP contribution in [-0.4, -0.2) is 54.4 Å². The fourth-order valence-electron chi connectivity index (χ4n) is 2.01. The molecule has 0 unspecified atom stereocenters. The van der Waals surface area contributed by atoms with Crippen LogP contribution in [0.25, 0.3) is 0 Å². The van der Waals surface area contributed by atoms with Crippen molar-refractivity contribution in [3.63, 3.8) is 0 Å². The Kier molecular flexibility index (Phi) is 5.40. The maximum Gasteiger partial charge on any atom is 0.317 e. The maximum absolute atomic E-state index is 11.9. The van der Waals surface area contributed by atoms with Gasteiger partial charge in [-0.1, -0.05) is 0 Å². The van der Waals surface area contributed by atoms with Crippen molar-refractivity contribution in [3.8, 4) is 0 Å². The SMILES string of the molecule is CCN(CCC(=O)O)C(=O)NCC1(OC)CCC1. The molecule has 6 heteroatoms. The summed E-state index contributed by atoms with van der Waals surface area (Å²) in [5.41, 5.74) is -0.206. The van der Waals surface area contributed by atoms with Crippen LogP contribution in [0.15, 0.2) is 0 Å². The molecule has 2 N–H and O–H groups in total. The summed E-state index contributed by atoms with van der Waals surface area (Å²) in [6, 6.07) is -0.220. The highest BCUT2D eigenvalue weighted by Crippen LogP contribution is 2.34. The van der Waals surface area contributed by atoms with E-state index < -0.39 is 5.97 Å². The van der Waals surface area contributed by atoms with Gasteiger partial charge in [0, 0.05) is 26.7 Å². The molecule has 0 spiro atoms. The fourth-order valence-corrected chi connectivity index (χ4v) is 2.01. The Morgan fingerprint density at radius 2 is 2.11 bits per heavy atom. The number of carbonyl (C=O) groups is 2. The Bertz CT molecular complexity index is 297. The average Bonchev–Trinajstić information content (AvgIpc) is 2.28. The number of carboxylic acid groups (broad SMARTS) is 1. The molecule has 0 aromatic heterocycles. The second-order valence-electron chi connectivity index (χ2n) is 4.62. The predicted octanol–water partition coefficient (Wildman–Crippen LogP) is 1.06. The molecule has 1 fully saturated rings. The zero-order chi connectivity index (χ0) is 13.6. The van der Waals surface area contributed by atoms with Crippen LogP contribution in [0, 0.1) is 0 Å². The van der Waals surface area contributed by atoms with E-state index in [1.165, 1.54) is 4.90 Å². The minimum Gasteiger partial charge on any atom is -0.481 e. The number of amides is 2. The van der Waals surface area contributed by atoms with Crippen molar-refractivity contribution >= 4 is 12.0 Å². The number of ether oxygens (including phenoxy) is 1. The highest BCUT2D eigenvalue weighted by Gasteiger charge is 2.37. The van der Waals surface area contributed by atoms with Gasteiger partial charge in [0.1, 0.15) is 0 Å². The van der Waals surface area contributed by atoms with Gasteiger partial charge >= 0.3 is 12.0 Å². The highest BCUT2D eigenvalue weighted by molar-refractivity contribution is 5.75. The first-order valence-corrected chi connectivity index (χ1v) is 6.33. The van der Waals surface area contributed by atoms with E-state index in [0.29, 0.717) is 13.1 Å². The summed E-state index contributed by atoms with van der Waals surface area (Å²) in [6.07, 6.45) is 3.02. The lowest BCUT2D eigenvalue weighted by molar-refractivity contribution is -0.137. The normalized spacial score (nSPS) is 16.8. The van der Waals surface area contributed by atoms with Crippen LogP contribution in [0.3, 0.4) is 0 Å². The number of carboxylic acids is 1. The number of carbonyl (C=O) groups excluding carboxylic acids is 1.